The monoisotopic (exact) mass is 444 g/mol. The lowest BCUT2D eigenvalue weighted by atomic mass is 9.91. The summed E-state index contributed by atoms with van der Waals surface area (Å²) >= 11 is 0. The number of amides is 3. The fourth-order valence-corrected chi connectivity index (χ4v) is 4.54. The van der Waals surface area contributed by atoms with E-state index in [1.807, 2.05) is 43.3 Å². The van der Waals surface area contributed by atoms with Crippen LogP contribution in [0.2, 0.25) is 0 Å². The van der Waals surface area contributed by atoms with Crippen LogP contribution in [0.5, 0.6) is 5.75 Å². The molecule has 8 nitrogen and oxygen atoms in total. The molecule has 1 aromatic rings. The number of carbonyl (C=O) groups is 3. The van der Waals surface area contributed by atoms with Crippen LogP contribution < -0.4 is 15.0 Å². The van der Waals surface area contributed by atoms with Gasteiger partial charge in [-0.2, -0.15) is 0 Å². The van der Waals surface area contributed by atoms with Gasteiger partial charge in [0.2, 0.25) is 11.8 Å². The van der Waals surface area contributed by atoms with E-state index >= 15 is 0 Å². The summed E-state index contributed by atoms with van der Waals surface area (Å²) in [7, 11) is 4.06. The maximum atomic E-state index is 12.7. The van der Waals surface area contributed by atoms with E-state index in [1.165, 1.54) is 0 Å². The highest BCUT2D eigenvalue weighted by molar-refractivity contribution is 5.98. The van der Waals surface area contributed by atoms with Gasteiger partial charge < -0.3 is 24.8 Å². The largest absolute Gasteiger partial charge is 0.482 e. The number of hydrogen-bond donors (Lipinski definition) is 1. The Kier molecular flexibility index (Phi) is 7.77. The highest BCUT2D eigenvalue weighted by Gasteiger charge is 2.30. The molecule has 8 heteroatoms. The number of carbonyl (C=O) groups excluding carboxylic acids is 3. The van der Waals surface area contributed by atoms with Crippen LogP contribution in [-0.2, 0) is 14.4 Å². The van der Waals surface area contributed by atoms with E-state index in [9.17, 15) is 14.4 Å². The minimum Gasteiger partial charge on any atom is -0.482 e. The molecule has 0 saturated carbocycles. The van der Waals surface area contributed by atoms with Gasteiger partial charge in [-0.15, -0.1) is 0 Å². The van der Waals surface area contributed by atoms with Crippen LogP contribution in [0.15, 0.2) is 24.3 Å². The molecule has 0 atom stereocenters. The van der Waals surface area contributed by atoms with Gasteiger partial charge in [0, 0.05) is 45.1 Å². The van der Waals surface area contributed by atoms with Gasteiger partial charge in [-0.05, 0) is 44.5 Å². The second-order valence-corrected chi connectivity index (χ2v) is 9.83. The van der Waals surface area contributed by atoms with Crippen LogP contribution in [0.3, 0.4) is 0 Å². The van der Waals surface area contributed by atoms with Crippen molar-refractivity contribution in [2.24, 2.45) is 11.3 Å². The van der Waals surface area contributed by atoms with Crippen molar-refractivity contribution in [1.82, 2.24) is 15.1 Å². The van der Waals surface area contributed by atoms with E-state index in [2.05, 4.69) is 24.1 Å². The second-order valence-electron chi connectivity index (χ2n) is 9.83. The van der Waals surface area contributed by atoms with Crippen molar-refractivity contribution < 1.29 is 19.1 Å². The fourth-order valence-electron chi connectivity index (χ4n) is 4.54. The smallest absolute Gasteiger partial charge is 0.265 e. The Labute approximate surface area is 190 Å². The molecule has 0 spiro atoms. The summed E-state index contributed by atoms with van der Waals surface area (Å²) in [6, 6.07) is 7.38. The summed E-state index contributed by atoms with van der Waals surface area (Å²) < 4.78 is 5.46. The van der Waals surface area contributed by atoms with Gasteiger partial charge in [-0.3, -0.25) is 14.4 Å². The quantitative estimate of drug-likeness (QED) is 0.661. The first-order valence-electron chi connectivity index (χ1n) is 11.4. The second kappa shape index (κ2) is 10.3. The Morgan fingerprint density at radius 2 is 1.88 bits per heavy atom. The van der Waals surface area contributed by atoms with Crippen LogP contribution >= 0.6 is 0 Å². The summed E-state index contributed by atoms with van der Waals surface area (Å²) in [6.45, 7) is 7.31. The molecule has 2 aliphatic rings. The van der Waals surface area contributed by atoms with Crippen molar-refractivity contribution in [3.05, 3.63) is 24.3 Å². The van der Waals surface area contributed by atoms with Crippen molar-refractivity contribution in [3.63, 3.8) is 0 Å². The molecular formula is C24H36N4O4. The first-order chi connectivity index (χ1) is 15.2. The minimum absolute atomic E-state index is 0.00292. The summed E-state index contributed by atoms with van der Waals surface area (Å²) in [4.78, 5) is 43.2. The molecule has 1 N–H and O–H groups in total. The standard InChI is InChI=1S/C24H36N4O4/c1-24(2,17-26(3)4)16-25-23(31)18-9-12-27(13-10-18)21(29)11-14-28-19-7-5-6-8-20(19)32-15-22(28)30/h5-8,18H,9-17H2,1-4H3,(H,25,31). The highest BCUT2D eigenvalue weighted by Crippen LogP contribution is 2.31. The van der Waals surface area contributed by atoms with Gasteiger partial charge in [-0.1, -0.05) is 26.0 Å². The third-order valence-electron chi connectivity index (χ3n) is 6.06. The maximum absolute atomic E-state index is 12.7. The van der Waals surface area contributed by atoms with Crippen LogP contribution in [0.4, 0.5) is 5.69 Å². The number of ether oxygens (including phenoxy) is 1. The number of likely N-dealkylation sites (tertiary alicyclic amines) is 1. The molecule has 1 aromatic carbocycles. The molecule has 2 aliphatic heterocycles. The molecule has 32 heavy (non-hydrogen) atoms. The van der Waals surface area contributed by atoms with E-state index in [0.717, 1.165) is 6.54 Å². The summed E-state index contributed by atoms with van der Waals surface area (Å²) in [5.41, 5.74) is 0.717. The van der Waals surface area contributed by atoms with E-state index < -0.39 is 0 Å². The normalized spacial score (nSPS) is 17.2. The third kappa shape index (κ3) is 6.22. The first-order valence-corrected chi connectivity index (χ1v) is 11.4. The van der Waals surface area contributed by atoms with E-state index in [-0.39, 0.29) is 42.1 Å². The number of benzene rings is 1. The SMILES string of the molecule is CN(C)CC(C)(C)CNC(=O)C1CCN(C(=O)CCN2C(=O)COc3ccccc32)CC1. The number of hydrogen-bond acceptors (Lipinski definition) is 5. The van der Waals surface area contributed by atoms with Crippen LogP contribution in [0.25, 0.3) is 0 Å². The maximum Gasteiger partial charge on any atom is 0.265 e. The molecular weight excluding hydrogens is 408 g/mol. The molecule has 0 aromatic heterocycles. The third-order valence-corrected chi connectivity index (χ3v) is 6.06. The summed E-state index contributed by atoms with van der Waals surface area (Å²) in [6.07, 6.45) is 1.60. The Morgan fingerprint density at radius 1 is 1.19 bits per heavy atom. The first kappa shape index (κ1) is 24.0. The van der Waals surface area contributed by atoms with Gasteiger partial charge in [0.1, 0.15) is 5.75 Å². The number of nitrogens with zero attached hydrogens (tertiary/aromatic N) is 3. The highest BCUT2D eigenvalue weighted by atomic mass is 16.5. The Hall–Kier alpha value is -2.61. The van der Waals surface area contributed by atoms with E-state index in [4.69, 9.17) is 4.74 Å². The zero-order valence-corrected chi connectivity index (χ0v) is 19.7. The van der Waals surface area contributed by atoms with E-state index in [0.29, 0.717) is 50.5 Å². The van der Waals surface area contributed by atoms with Crippen molar-refractivity contribution >= 4 is 23.4 Å². The lowest BCUT2D eigenvalue weighted by Crippen LogP contribution is -2.46. The van der Waals surface area contributed by atoms with Gasteiger partial charge in [-0.25, -0.2) is 0 Å². The van der Waals surface area contributed by atoms with Crippen molar-refractivity contribution in [3.8, 4) is 5.75 Å². The molecule has 3 amide bonds. The fraction of sp³-hybridized carbons (Fsp3) is 0.625. The van der Waals surface area contributed by atoms with Gasteiger partial charge in [0.15, 0.2) is 6.61 Å². The molecule has 2 heterocycles. The molecule has 0 bridgehead atoms. The minimum atomic E-state index is -0.135. The molecule has 176 valence electrons. The molecule has 1 saturated heterocycles. The number of fused-ring (bicyclic) bond motifs is 1. The Bertz CT molecular complexity index is 831. The molecule has 1 fully saturated rings. The van der Waals surface area contributed by atoms with E-state index in [1.54, 1.807) is 4.90 Å². The van der Waals surface area contributed by atoms with Crippen molar-refractivity contribution in [1.29, 1.82) is 0 Å². The van der Waals surface area contributed by atoms with Crippen LogP contribution in [0, 0.1) is 11.3 Å². The average Bonchev–Trinajstić information content (AvgIpc) is 2.76. The number of piperidine rings is 1. The predicted octanol–water partition coefficient (Wildman–Crippen LogP) is 1.74. The van der Waals surface area contributed by atoms with Gasteiger partial charge >= 0.3 is 0 Å². The summed E-state index contributed by atoms with van der Waals surface area (Å²) in [5, 5.41) is 3.10. The lowest BCUT2D eigenvalue weighted by Gasteiger charge is -2.34. The number of rotatable bonds is 8. The van der Waals surface area contributed by atoms with Crippen LogP contribution in [0.1, 0.15) is 33.1 Å². The molecule has 0 aliphatic carbocycles. The average molecular weight is 445 g/mol. The molecule has 0 unspecified atom stereocenters. The molecule has 0 radical (unpaired) electrons. The zero-order chi connectivity index (χ0) is 23.3. The topological polar surface area (TPSA) is 82.2 Å². The number of nitrogens with one attached hydrogen (secondary N) is 1. The zero-order valence-electron chi connectivity index (χ0n) is 19.7. The summed E-state index contributed by atoms with van der Waals surface area (Å²) in [5.74, 6) is 0.582. The molecule has 3 rings (SSSR count). The Balaban J connectivity index is 1.44. The predicted molar refractivity (Wildman–Crippen MR) is 124 cm³/mol. The lowest BCUT2D eigenvalue weighted by molar-refractivity contribution is -0.135. The number of para-hydroxylation sites is 2. The number of anilines is 1. The van der Waals surface area contributed by atoms with Crippen LogP contribution in [-0.4, -0.2) is 80.9 Å². The Morgan fingerprint density at radius 3 is 2.56 bits per heavy atom. The van der Waals surface area contributed by atoms with Gasteiger partial charge in [0.05, 0.1) is 5.69 Å². The van der Waals surface area contributed by atoms with Crippen molar-refractivity contribution in [2.75, 3.05) is 58.3 Å². The van der Waals surface area contributed by atoms with Crippen molar-refractivity contribution in [2.45, 2.75) is 33.1 Å². The van der Waals surface area contributed by atoms with Gasteiger partial charge in [0.25, 0.3) is 5.91 Å².